The van der Waals surface area contributed by atoms with Crippen LogP contribution >= 0.6 is 11.6 Å². The summed E-state index contributed by atoms with van der Waals surface area (Å²) in [4.78, 5) is 13.8. The van der Waals surface area contributed by atoms with Gasteiger partial charge in [-0.2, -0.15) is 10.4 Å². The van der Waals surface area contributed by atoms with Crippen LogP contribution in [0.1, 0.15) is 23.8 Å². The van der Waals surface area contributed by atoms with E-state index in [1.807, 2.05) is 31.2 Å². The number of para-hydroxylation sites is 1. The molecule has 0 spiro atoms. The molecule has 5 nitrogen and oxygen atoms in total. The Kier molecular flexibility index (Phi) is 4.96. The van der Waals surface area contributed by atoms with Gasteiger partial charge in [-0.1, -0.05) is 30.7 Å². The molecule has 0 fully saturated rings. The molecule has 21 heavy (non-hydrogen) atoms. The zero-order valence-electron chi connectivity index (χ0n) is 11.7. The highest BCUT2D eigenvalue weighted by molar-refractivity contribution is 6.32. The number of hydrogen-bond acceptors (Lipinski definition) is 3. The van der Waals surface area contributed by atoms with Crippen LogP contribution in [0.3, 0.4) is 0 Å². The Labute approximate surface area is 128 Å². The van der Waals surface area contributed by atoms with Gasteiger partial charge in [-0.3, -0.25) is 4.79 Å². The number of aromatic nitrogens is 2. The predicted molar refractivity (Wildman–Crippen MR) is 80.4 cm³/mol. The maximum Gasteiger partial charge on any atom is 0.275 e. The zero-order valence-corrected chi connectivity index (χ0v) is 12.4. The third-order valence-electron chi connectivity index (χ3n) is 2.95. The molecule has 0 aliphatic heterocycles. The fraction of sp³-hybridized carbons (Fsp3) is 0.267. The number of carbonyl (C=O) groups is 1. The lowest BCUT2D eigenvalue weighted by molar-refractivity contribution is 0.0770. The first-order chi connectivity index (χ1) is 10.2. The third kappa shape index (κ3) is 3.41. The maximum absolute atomic E-state index is 12.3. The molecule has 0 saturated heterocycles. The number of rotatable bonds is 5. The van der Waals surface area contributed by atoms with Crippen LogP contribution < -0.4 is 0 Å². The number of halogens is 1. The topological polar surface area (TPSA) is 61.9 Å². The first-order valence-corrected chi connectivity index (χ1v) is 7.02. The van der Waals surface area contributed by atoms with E-state index in [0.29, 0.717) is 22.9 Å². The van der Waals surface area contributed by atoms with E-state index in [9.17, 15) is 4.79 Å². The molecule has 0 aliphatic carbocycles. The van der Waals surface area contributed by atoms with Crippen molar-refractivity contribution in [2.75, 3.05) is 13.1 Å². The molecule has 6 heteroatoms. The highest BCUT2D eigenvalue weighted by Gasteiger charge is 2.18. The minimum absolute atomic E-state index is 0.0611. The fourth-order valence-electron chi connectivity index (χ4n) is 1.98. The van der Waals surface area contributed by atoms with E-state index in [4.69, 9.17) is 16.9 Å². The first-order valence-electron chi connectivity index (χ1n) is 6.64. The Bertz CT molecular complexity index is 674. The average molecular weight is 303 g/mol. The van der Waals surface area contributed by atoms with Crippen LogP contribution in [0.15, 0.2) is 36.5 Å². The Balaban J connectivity index is 2.25. The van der Waals surface area contributed by atoms with E-state index in [-0.39, 0.29) is 12.5 Å². The zero-order chi connectivity index (χ0) is 15.2. The van der Waals surface area contributed by atoms with Gasteiger partial charge in [0.25, 0.3) is 5.91 Å². The van der Waals surface area contributed by atoms with Gasteiger partial charge < -0.3 is 4.90 Å². The molecule has 0 radical (unpaired) electrons. The Hall–Kier alpha value is -2.32. The summed E-state index contributed by atoms with van der Waals surface area (Å²) in [5, 5.41) is 13.6. The normalized spacial score (nSPS) is 10.1. The van der Waals surface area contributed by atoms with Crippen molar-refractivity contribution in [3.05, 3.63) is 47.2 Å². The lowest BCUT2D eigenvalue weighted by Crippen LogP contribution is -2.32. The van der Waals surface area contributed by atoms with Crippen LogP contribution in [0, 0.1) is 11.3 Å². The molecule has 2 aromatic rings. The van der Waals surface area contributed by atoms with Crippen molar-refractivity contribution in [1.82, 2.24) is 14.7 Å². The van der Waals surface area contributed by atoms with E-state index in [1.54, 1.807) is 23.0 Å². The SMILES string of the molecule is CCCN(CC#N)C(=O)c1ccn(-c2ccccc2Cl)n1. The quantitative estimate of drug-likeness (QED) is 0.798. The van der Waals surface area contributed by atoms with Gasteiger partial charge in [-0.25, -0.2) is 4.68 Å². The summed E-state index contributed by atoms with van der Waals surface area (Å²) in [6.07, 6.45) is 2.48. The van der Waals surface area contributed by atoms with Crippen molar-refractivity contribution in [2.24, 2.45) is 0 Å². The molecule has 2 rings (SSSR count). The Morgan fingerprint density at radius 2 is 2.19 bits per heavy atom. The molecule has 108 valence electrons. The maximum atomic E-state index is 12.3. The van der Waals surface area contributed by atoms with Crippen molar-refractivity contribution >= 4 is 17.5 Å². The van der Waals surface area contributed by atoms with Gasteiger partial charge in [-0.15, -0.1) is 0 Å². The monoisotopic (exact) mass is 302 g/mol. The highest BCUT2D eigenvalue weighted by atomic mass is 35.5. The number of amides is 1. The van der Waals surface area contributed by atoms with Crippen LogP contribution in [0.2, 0.25) is 5.02 Å². The van der Waals surface area contributed by atoms with Crippen molar-refractivity contribution in [3.63, 3.8) is 0 Å². The van der Waals surface area contributed by atoms with Gasteiger partial charge in [0, 0.05) is 12.7 Å². The lowest BCUT2D eigenvalue weighted by Gasteiger charge is -2.17. The second-order valence-electron chi connectivity index (χ2n) is 4.48. The van der Waals surface area contributed by atoms with Crippen LogP contribution in [0.25, 0.3) is 5.69 Å². The molecule has 1 aromatic heterocycles. The molecule has 0 atom stereocenters. The number of nitrogens with zero attached hydrogens (tertiary/aromatic N) is 4. The number of carbonyl (C=O) groups excluding carboxylic acids is 1. The van der Waals surface area contributed by atoms with Crippen molar-refractivity contribution in [3.8, 4) is 11.8 Å². The fourth-order valence-corrected chi connectivity index (χ4v) is 2.20. The lowest BCUT2D eigenvalue weighted by atomic mass is 10.3. The van der Waals surface area contributed by atoms with Crippen LogP contribution in [-0.4, -0.2) is 33.7 Å². The van der Waals surface area contributed by atoms with Gasteiger partial charge in [-0.05, 0) is 24.6 Å². The van der Waals surface area contributed by atoms with Gasteiger partial charge in [0.15, 0.2) is 5.69 Å². The van der Waals surface area contributed by atoms with Gasteiger partial charge in [0.1, 0.15) is 6.54 Å². The van der Waals surface area contributed by atoms with Crippen molar-refractivity contribution in [2.45, 2.75) is 13.3 Å². The van der Waals surface area contributed by atoms with Crippen molar-refractivity contribution in [1.29, 1.82) is 5.26 Å². The summed E-state index contributed by atoms with van der Waals surface area (Å²) in [5.74, 6) is -0.246. The molecule has 0 N–H and O–H groups in total. The average Bonchev–Trinajstić information content (AvgIpc) is 2.96. The Morgan fingerprint density at radius 3 is 2.86 bits per heavy atom. The highest BCUT2D eigenvalue weighted by Crippen LogP contribution is 2.19. The largest absolute Gasteiger partial charge is 0.324 e. The van der Waals surface area contributed by atoms with Gasteiger partial charge in [0.05, 0.1) is 16.8 Å². The molecule has 0 aliphatic rings. The number of hydrogen-bond donors (Lipinski definition) is 0. The minimum Gasteiger partial charge on any atom is -0.324 e. The minimum atomic E-state index is -0.246. The van der Waals surface area contributed by atoms with Crippen LogP contribution in [0.4, 0.5) is 0 Å². The standard InChI is InChI=1S/C15H15ClN4O/c1-2-9-19(11-8-17)15(21)13-7-10-20(18-13)14-6-4-3-5-12(14)16/h3-7,10H,2,9,11H2,1H3. The van der Waals surface area contributed by atoms with Crippen LogP contribution in [0.5, 0.6) is 0 Å². The Morgan fingerprint density at radius 1 is 1.43 bits per heavy atom. The molecular formula is C15H15ClN4O. The van der Waals surface area contributed by atoms with Crippen LogP contribution in [-0.2, 0) is 0 Å². The first kappa shape index (κ1) is 15.1. The third-order valence-corrected chi connectivity index (χ3v) is 3.27. The summed E-state index contributed by atoms with van der Waals surface area (Å²) in [5.41, 5.74) is 1.01. The van der Waals surface area contributed by atoms with Gasteiger partial charge >= 0.3 is 0 Å². The number of nitriles is 1. The smallest absolute Gasteiger partial charge is 0.275 e. The summed E-state index contributed by atoms with van der Waals surface area (Å²) < 4.78 is 1.56. The molecule has 1 aromatic carbocycles. The summed E-state index contributed by atoms with van der Waals surface area (Å²) in [7, 11) is 0. The van der Waals surface area contributed by atoms with Crippen molar-refractivity contribution < 1.29 is 4.79 Å². The summed E-state index contributed by atoms with van der Waals surface area (Å²) in [6, 6.07) is 10.9. The molecule has 1 heterocycles. The molecule has 0 bridgehead atoms. The van der Waals surface area contributed by atoms with E-state index < -0.39 is 0 Å². The van der Waals surface area contributed by atoms with E-state index >= 15 is 0 Å². The number of benzene rings is 1. The molecule has 0 saturated carbocycles. The van der Waals surface area contributed by atoms with E-state index in [0.717, 1.165) is 6.42 Å². The molecular weight excluding hydrogens is 288 g/mol. The molecule has 1 amide bonds. The predicted octanol–water partition coefficient (Wildman–Crippen LogP) is 2.90. The van der Waals surface area contributed by atoms with E-state index in [1.165, 1.54) is 4.90 Å². The van der Waals surface area contributed by atoms with Gasteiger partial charge in [0.2, 0.25) is 0 Å². The second kappa shape index (κ2) is 6.91. The summed E-state index contributed by atoms with van der Waals surface area (Å²) >= 11 is 6.11. The molecule has 0 unspecified atom stereocenters. The van der Waals surface area contributed by atoms with E-state index in [2.05, 4.69) is 5.10 Å². The summed E-state index contributed by atoms with van der Waals surface area (Å²) in [6.45, 7) is 2.55. The second-order valence-corrected chi connectivity index (χ2v) is 4.89.